The Kier molecular flexibility index (Phi) is 4.65. The van der Waals surface area contributed by atoms with Gasteiger partial charge in [-0.05, 0) is 48.4 Å². The van der Waals surface area contributed by atoms with Gasteiger partial charge in [-0.3, -0.25) is 14.5 Å². The third-order valence-corrected chi connectivity index (χ3v) is 8.17. The Hall–Kier alpha value is -3.59. The maximum atomic E-state index is 14.4. The van der Waals surface area contributed by atoms with Crippen LogP contribution in [0.15, 0.2) is 66.7 Å². The molecule has 3 aromatic carbocycles. The summed E-state index contributed by atoms with van der Waals surface area (Å²) in [6.45, 7) is 1.43. The number of fused-ring (bicyclic) bond motifs is 2. The first-order valence-corrected chi connectivity index (χ1v) is 11.8. The zero-order valence-electron chi connectivity index (χ0n) is 17.5. The molecular formula is C24H18F2N2O4S. The molecule has 0 radical (unpaired) electrons. The topological polar surface area (TPSA) is 74.8 Å². The molecule has 5 rings (SSSR count). The highest BCUT2D eigenvalue weighted by Crippen LogP contribution is 2.52. The van der Waals surface area contributed by atoms with Crippen LogP contribution in [0.25, 0.3) is 0 Å². The third kappa shape index (κ3) is 2.92. The largest absolute Gasteiger partial charge is 0.304 e. The molecule has 0 unspecified atom stereocenters. The van der Waals surface area contributed by atoms with Crippen molar-refractivity contribution in [2.24, 2.45) is 0 Å². The van der Waals surface area contributed by atoms with Crippen LogP contribution in [0.5, 0.6) is 0 Å². The molecule has 9 heteroatoms. The Bertz CT molecular complexity index is 1440. The van der Waals surface area contributed by atoms with Crippen LogP contribution in [-0.4, -0.2) is 26.0 Å². The van der Waals surface area contributed by atoms with Gasteiger partial charge in [-0.1, -0.05) is 36.4 Å². The number of amides is 2. The first kappa shape index (κ1) is 21.3. The van der Waals surface area contributed by atoms with E-state index in [0.29, 0.717) is 16.8 Å². The van der Waals surface area contributed by atoms with Crippen LogP contribution in [-0.2, 0) is 30.8 Å². The second-order valence-corrected chi connectivity index (χ2v) is 10.2. The first-order chi connectivity index (χ1) is 15.7. The highest BCUT2D eigenvalue weighted by Gasteiger charge is 2.69. The SMILES string of the molecule is Cc1ccc(N2C(=O)CS(=O)(=O)[C@]23C(=O)N(Cc2cccc(F)c2)c2ccccc23)cc1F. The van der Waals surface area contributed by atoms with Crippen molar-refractivity contribution in [2.45, 2.75) is 18.3 Å². The van der Waals surface area contributed by atoms with Gasteiger partial charge in [0.05, 0.1) is 12.2 Å². The molecule has 3 aromatic rings. The van der Waals surface area contributed by atoms with Gasteiger partial charge in [-0.15, -0.1) is 0 Å². The summed E-state index contributed by atoms with van der Waals surface area (Å²) in [6.07, 6.45) is 0. The molecule has 33 heavy (non-hydrogen) atoms. The fourth-order valence-electron chi connectivity index (χ4n) is 4.59. The number of hydrogen-bond acceptors (Lipinski definition) is 4. The number of para-hydroxylation sites is 1. The molecule has 2 aliphatic rings. The van der Waals surface area contributed by atoms with Crippen molar-refractivity contribution in [3.63, 3.8) is 0 Å². The quantitative estimate of drug-likeness (QED) is 0.590. The second kappa shape index (κ2) is 7.21. The van der Waals surface area contributed by atoms with Gasteiger partial charge in [-0.25, -0.2) is 17.2 Å². The van der Waals surface area contributed by atoms with Crippen molar-refractivity contribution in [2.75, 3.05) is 15.6 Å². The van der Waals surface area contributed by atoms with Gasteiger partial charge in [-0.2, -0.15) is 0 Å². The van der Waals surface area contributed by atoms with Crippen LogP contribution in [0.3, 0.4) is 0 Å². The van der Waals surface area contributed by atoms with E-state index in [2.05, 4.69) is 0 Å². The summed E-state index contributed by atoms with van der Waals surface area (Å²) in [4.78, 5) is 26.7. The molecule has 2 heterocycles. The summed E-state index contributed by atoms with van der Waals surface area (Å²) in [5.41, 5.74) is 1.14. The average Bonchev–Trinajstić information content (AvgIpc) is 3.13. The fraction of sp³-hybridized carbons (Fsp3) is 0.167. The van der Waals surface area contributed by atoms with E-state index in [1.807, 2.05) is 0 Å². The molecule has 2 aliphatic heterocycles. The van der Waals surface area contributed by atoms with Gasteiger partial charge in [0.25, 0.3) is 10.8 Å². The molecule has 0 aliphatic carbocycles. The maximum absolute atomic E-state index is 14.4. The van der Waals surface area contributed by atoms with Gasteiger partial charge in [0.2, 0.25) is 5.91 Å². The Morgan fingerprint density at radius 2 is 1.73 bits per heavy atom. The van der Waals surface area contributed by atoms with Crippen molar-refractivity contribution in [3.8, 4) is 0 Å². The number of rotatable bonds is 3. The number of nitrogens with zero attached hydrogens (tertiary/aromatic N) is 2. The van der Waals surface area contributed by atoms with Crippen LogP contribution >= 0.6 is 0 Å². The lowest BCUT2D eigenvalue weighted by Gasteiger charge is -2.32. The summed E-state index contributed by atoms with van der Waals surface area (Å²) in [7, 11) is -4.36. The van der Waals surface area contributed by atoms with Crippen LogP contribution in [0.2, 0.25) is 0 Å². The van der Waals surface area contributed by atoms with Crippen LogP contribution in [0.4, 0.5) is 20.2 Å². The Morgan fingerprint density at radius 1 is 0.970 bits per heavy atom. The summed E-state index contributed by atoms with van der Waals surface area (Å²) >= 11 is 0. The van der Waals surface area contributed by atoms with Gasteiger partial charge in [0, 0.05) is 11.3 Å². The molecule has 1 atom stereocenters. The van der Waals surface area contributed by atoms with Crippen molar-refractivity contribution in [1.29, 1.82) is 0 Å². The van der Waals surface area contributed by atoms with Gasteiger partial charge < -0.3 is 4.90 Å². The molecule has 1 saturated heterocycles. The van der Waals surface area contributed by atoms with Crippen molar-refractivity contribution in [1.82, 2.24) is 0 Å². The minimum atomic E-state index is -4.36. The van der Waals surface area contributed by atoms with E-state index < -0.39 is 43.9 Å². The highest BCUT2D eigenvalue weighted by molar-refractivity contribution is 7.94. The lowest BCUT2D eigenvalue weighted by Crippen LogP contribution is -2.54. The monoisotopic (exact) mass is 468 g/mol. The lowest BCUT2D eigenvalue weighted by molar-refractivity contribution is -0.123. The summed E-state index contributed by atoms with van der Waals surface area (Å²) < 4.78 is 55.2. The van der Waals surface area contributed by atoms with E-state index in [1.54, 1.807) is 24.3 Å². The third-order valence-electron chi connectivity index (χ3n) is 6.07. The van der Waals surface area contributed by atoms with E-state index in [-0.39, 0.29) is 17.8 Å². The van der Waals surface area contributed by atoms with Crippen LogP contribution < -0.4 is 9.80 Å². The predicted octanol–water partition coefficient (Wildman–Crippen LogP) is 3.43. The Labute approximate surface area is 189 Å². The molecule has 1 spiro atoms. The predicted molar refractivity (Wildman–Crippen MR) is 118 cm³/mol. The number of halogens is 2. The molecular weight excluding hydrogens is 450 g/mol. The van der Waals surface area contributed by atoms with Gasteiger partial charge in [0.1, 0.15) is 17.4 Å². The molecule has 0 N–H and O–H groups in total. The van der Waals surface area contributed by atoms with Crippen LogP contribution in [0, 0.1) is 18.6 Å². The number of carbonyl (C=O) groups excluding carboxylic acids is 2. The normalized spacial score (nSPS) is 21.2. The molecule has 2 amide bonds. The van der Waals surface area contributed by atoms with Gasteiger partial charge in [0.15, 0.2) is 9.84 Å². The molecule has 0 saturated carbocycles. The zero-order valence-corrected chi connectivity index (χ0v) is 18.3. The van der Waals surface area contributed by atoms with E-state index >= 15 is 0 Å². The van der Waals surface area contributed by atoms with Crippen molar-refractivity contribution in [3.05, 3.63) is 95.1 Å². The highest BCUT2D eigenvalue weighted by atomic mass is 32.2. The van der Waals surface area contributed by atoms with Crippen molar-refractivity contribution >= 4 is 33.0 Å². The fourth-order valence-corrected chi connectivity index (χ4v) is 6.62. The van der Waals surface area contributed by atoms with E-state index in [1.165, 1.54) is 48.2 Å². The number of benzene rings is 3. The van der Waals surface area contributed by atoms with Crippen LogP contribution in [0.1, 0.15) is 16.7 Å². The second-order valence-electron chi connectivity index (χ2n) is 8.10. The maximum Gasteiger partial charge on any atom is 0.274 e. The molecule has 6 nitrogen and oxygen atoms in total. The Balaban J connectivity index is 1.74. The van der Waals surface area contributed by atoms with E-state index in [9.17, 15) is 26.8 Å². The van der Waals surface area contributed by atoms with E-state index in [0.717, 1.165) is 11.0 Å². The summed E-state index contributed by atoms with van der Waals surface area (Å²) in [6, 6.07) is 15.8. The number of aryl methyl sites for hydroxylation is 1. The lowest BCUT2D eigenvalue weighted by atomic mass is 10.0. The molecule has 168 valence electrons. The first-order valence-electron chi connectivity index (χ1n) is 10.1. The van der Waals surface area contributed by atoms with E-state index in [4.69, 9.17) is 0 Å². The van der Waals surface area contributed by atoms with Gasteiger partial charge >= 0.3 is 0 Å². The number of sulfone groups is 1. The molecule has 1 fully saturated rings. The van der Waals surface area contributed by atoms with Crippen molar-refractivity contribution < 1.29 is 26.8 Å². The number of anilines is 2. The minimum absolute atomic E-state index is 0.0278. The Morgan fingerprint density at radius 3 is 2.45 bits per heavy atom. The zero-order chi connectivity index (χ0) is 23.5. The number of carbonyl (C=O) groups is 2. The average molecular weight is 468 g/mol. The summed E-state index contributed by atoms with van der Waals surface area (Å²) in [5, 5.41) is 0. The standard InChI is InChI=1S/C24H18F2N2O4S/c1-15-9-10-18(12-20(15)26)28-22(29)14-33(31,32)24(28)19-7-2-3-8-21(19)27(23(24)30)13-16-5-4-6-17(25)11-16/h2-12H,13-14H2,1H3/t24-/m1/s1. The molecule has 0 bridgehead atoms. The minimum Gasteiger partial charge on any atom is -0.304 e. The summed E-state index contributed by atoms with van der Waals surface area (Å²) in [5.74, 6) is -3.71. The smallest absolute Gasteiger partial charge is 0.274 e. The molecule has 0 aromatic heterocycles. The number of hydrogen-bond donors (Lipinski definition) is 0.